The summed E-state index contributed by atoms with van der Waals surface area (Å²) in [6.45, 7) is 2.88. The van der Waals surface area contributed by atoms with Gasteiger partial charge in [-0.15, -0.1) is 11.8 Å². The van der Waals surface area contributed by atoms with Crippen LogP contribution in [-0.4, -0.2) is 28.4 Å². The lowest BCUT2D eigenvalue weighted by Gasteiger charge is -2.08. The number of aryl methyl sites for hydroxylation is 1. The number of hydrogen-bond donors (Lipinski definition) is 2. The lowest BCUT2D eigenvalue weighted by molar-refractivity contribution is 0.0983. The fourth-order valence-electron chi connectivity index (χ4n) is 2.32. The molecule has 88 valence electrons. The first-order chi connectivity index (χ1) is 8.27. The van der Waals surface area contributed by atoms with E-state index in [1.165, 1.54) is 0 Å². The predicted molar refractivity (Wildman–Crippen MR) is 71.6 cm³/mol. The van der Waals surface area contributed by atoms with Gasteiger partial charge in [-0.2, -0.15) is 0 Å². The Labute approximate surface area is 104 Å². The Kier molecular flexibility index (Phi) is 2.68. The fraction of sp³-hybridized carbons (Fsp3) is 0.308. The highest BCUT2D eigenvalue weighted by Crippen LogP contribution is 2.26. The van der Waals surface area contributed by atoms with Crippen molar-refractivity contribution in [1.82, 2.24) is 10.3 Å². The molecule has 0 radical (unpaired) electrons. The maximum Gasteiger partial charge on any atom is 0.192 e. The summed E-state index contributed by atoms with van der Waals surface area (Å²) in [5.41, 5.74) is 2.84. The molecule has 1 atom stereocenters. The normalized spacial score (nSPS) is 19.9. The van der Waals surface area contributed by atoms with E-state index < -0.39 is 0 Å². The number of nitrogens with one attached hydrogen (secondary N) is 2. The third-order valence-corrected chi connectivity index (χ3v) is 4.25. The lowest BCUT2D eigenvalue weighted by atomic mass is 10.1. The van der Waals surface area contributed by atoms with Gasteiger partial charge in [-0.25, -0.2) is 0 Å². The maximum absolute atomic E-state index is 12.4. The molecule has 0 bridgehead atoms. The summed E-state index contributed by atoms with van der Waals surface area (Å²) in [4.78, 5) is 15.7. The van der Waals surface area contributed by atoms with E-state index >= 15 is 0 Å². The third kappa shape index (κ3) is 1.77. The molecule has 3 rings (SSSR count). The Morgan fingerprint density at radius 3 is 3.00 bits per heavy atom. The summed E-state index contributed by atoms with van der Waals surface area (Å²) < 4.78 is 0. The molecular weight excluding hydrogens is 232 g/mol. The molecule has 0 saturated carbocycles. The number of fused-ring (bicyclic) bond motifs is 1. The Morgan fingerprint density at radius 2 is 2.24 bits per heavy atom. The zero-order valence-corrected chi connectivity index (χ0v) is 10.4. The molecule has 1 aliphatic heterocycles. The van der Waals surface area contributed by atoms with E-state index in [9.17, 15) is 4.79 Å². The topological polar surface area (TPSA) is 44.9 Å². The van der Waals surface area contributed by atoms with Crippen LogP contribution < -0.4 is 5.32 Å². The molecule has 1 aromatic carbocycles. The van der Waals surface area contributed by atoms with Crippen LogP contribution in [0.1, 0.15) is 16.1 Å². The van der Waals surface area contributed by atoms with Gasteiger partial charge < -0.3 is 4.98 Å². The van der Waals surface area contributed by atoms with Crippen LogP contribution in [0.25, 0.3) is 10.9 Å². The molecule has 1 unspecified atom stereocenters. The highest BCUT2D eigenvalue weighted by Gasteiger charge is 2.27. The molecule has 4 heteroatoms. The Bertz CT molecular complexity index is 570. The van der Waals surface area contributed by atoms with E-state index in [2.05, 4.69) is 10.3 Å². The minimum Gasteiger partial charge on any atom is -0.358 e. The van der Waals surface area contributed by atoms with Crippen LogP contribution in [0.3, 0.4) is 0 Å². The molecular formula is C13H14N2OS. The van der Waals surface area contributed by atoms with Gasteiger partial charge in [0.2, 0.25) is 0 Å². The van der Waals surface area contributed by atoms with Gasteiger partial charge in [-0.1, -0.05) is 18.2 Å². The van der Waals surface area contributed by atoms with Crippen molar-refractivity contribution in [1.29, 1.82) is 0 Å². The van der Waals surface area contributed by atoms with Crippen molar-refractivity contribution in [3.63, 3.8) is 0 Å². The van der Waals surface area contributed by atoms with Crippen LogP contribution in [0.15, 0.2) is 24.3 Å². The number of para-hydroxylation sites is 1. The molecule has 3 nitrogen and oxygen atoms in total. The number of hydrogen-bond acceptors (Lipinski definition) is 3. The van der Waals surface area contributed by atoms with Gasteiger partial charge >= 0.3 is 0 Å². The third-order valence-electron chi connectivity index (χ3n) is 3.09. The molecule has 17 heavy (non-hydrogen) atoms. The second-order valence-corrected chi connectivity index (χ2v) is 5.45. The average molecular weight is 246 g/mol. The van der Waals surface area contributed by atoms with Gasteiger partial charge in [-0.05, 0) is 13.0 Å². The smallest absolute Gasteiger partial charge is 0.192 e. The largest absolute Gasteiger partial charge is 0.358 e. The van der Waals surface area contributed by atoms with E-state index in [0.29, 0.717) is 0 Å². The van der Waals surface area contributed by atoms with Gasteiger partial charge in [0, 0.05) is 34.5 Å². The molecule has 1 saturated heterocycles. The van der Waals surface area contributed by atoms with Crippen LogP contribution >= 0.6 is 11.8 Å². The summed E-state index contributed by atoms with van der Waals surface area (Å²) in [5.74, 6) is 1.21. The van der Waals surface area contributed by atoms with Crippen LogP contribution in [0.2, 0.25) is 0 Å². The Morgan fingerprint density at radius 1 is 1.41 bits per heavy atom. The zero-order chi connectivity index (χ0) is 11.8. The summed E-state index contributed by atoms with van der Waals surface area (Å²) in [6.07, 6.45) is 0. The lowest BCUT2D eigenvalue weighted by Crippen LogP contribution is -2.29. The van der Waals surface area contributed by atoms with E-state index in [-0.39, 0.29) is 11.2 Å². The molecule has 2 aromatic rings. The second-order valence-electron chi connectivity index (χ2n) is 4.24. The van der Waals surface area contributed by atoms with Gasteiger partial charge in [0.05, 0.1) is 0 Å². The van der Waals surface area contributed by atoms with Crippen molar-refractivity contribution in [3.05, 3.63) is 35.5 Å². The standard InChI is InChI=1S/C13H14N2OS/c1-8-11(12(16)13-14-6-7-17-13)9-4-2-3-5-10(9)15-8/h2-5,13-15H,6-7H2,1H3. The zero-order valence-electron chi connectivity index (χ0n) is 9.62. The summed E-state index contributed by atoms with van der Waals surface area (Å²) in [6, 6.07) is 7.97. The quantitative estimate of drug-likeness (QED) is 0.799. The first-order valence-corrected chi connectivity index (χ1v) is 6.79. The van der Waals surface area contributed by atoms with Crippen molar-refractivity contribution in [2.75, 3.05) is 12.3 Å². The number of aromatic nitrogens is 1. The second kappa shape index (κ2) is 4.20. The first kappa shape index (κ1) is 10.9. The Hall–Kier alpha value is -1.26. The van der Waals surface area contributed by atoms with Crippen LogP contribution in [0.4, 0.5) is 0 Å². The monoisotopic (exact) mass is 246 g/mol. The molecule has 0 spiro atoms. The first-order valence-electron chi connectivity index (χ1n) is 5.74. The van der Waals surface area contributed by atoms with Crippen LogP contribution in [0, 0.1) is 6.92 Å². The number of rotatable bonds is 2. The maximum atomic E-state index is 12.4. The van der Waals surface area contributed by atoms with E-state index in [0.717, 1.165) is 34.5 Å². The van der Waals surface area contributed by atoms with Crippen molar-refractivity contribution < 1.29 is 4.79 Å². The number of Topliss-reactive ketones (excluding diaryl/α,β-unsaturated/α-hetero) is 1. The fourth-order valence-corrected chi connectivity index (χ4v) is 3.30. The van der Waals surface area contributed by atoms with E-state index in [4.69, 9.17) is 0 Å². The van der Waals surface area contributed by atoms with Gasteiger partial charge in [0.25, 0.3) is 0 Å². The van der Waals surface area contributed by atoms with Crippen LogP contribution in [0.5, 0.6) is 0 Å². The van der Waals surface area contributed by atoms with Crippen molar-refractivity contribution in [2.45, 2.75) is 12.3 Å². The van der Waals surface area contributed by atoms with Crippen molar-refractivity contribution in [3.8, 4) is 0 Å². The average Bonchev–Trinajstić information content (AvgIpc) is 2.94. The highest BCUT2D eigenvalue weighted by molar-refractivity contribution is 8.00. The number of aromatic amines is 1. The number of ketones is 1. The number of benzene rings is 1. The van der Waals surface area contributed by atoms with Crippen LogP contribution in [-0.2, 0) is 0 Å². The molecule has 0 aliphatic carbocycles. The molecule has 1 aliphatic rings. The predicted octanol–water partition coefficient (Wildman–Crippen LogP) is 2.32. The summed E-state index contributed by atoms with van der Waals surface area (Å²) in [7, 11) is 0. The number of thioether (sulfide) groups is 1. The number of carbonyl (C=O) groups excluding carboxylic acids is 1. The SMILES string of the molecule is Cc1[nH]c2ccccc2c1C(=O)C1NCCS1. The van der Waals surface area contributed by atoms with Gasteiger partial charge in [-0.3, -0.25) is 10.1 Å². The molecule has 2 N–H and O–H groups in total. The van der Waals surface area contributed by atoms with Crippen molar-refractivity contribution >= 4 is 28.4 Å². The minimum atomic E-state index is -0.0760. The molecule has 1 aromatic heterocycles. The number of carbonyl (C=O) groups is 1. The molecule has 2 heterocycles. The van der Waals surface area contributed by atoms with Gasteiger partial charge in [0.1, 0.15) is 5.37 Å². The minimum absolute atomic E-state index is 0.0760. The van der Waals surface area contributed by atoms with Gasteiger partial charge in [0.15, 0.2) is 5.78 Å². The molecule has 0 amide bonds. The summed E-state index contributed by atoms with van der Waals surface area (Å²) >= 11 is 1.69. The highest BCUT2D eigenvalue weighted by atomic mass is 32.2. The Balaban J connectivity index is 2.09. The van der Waals surface area contributed by atoms with E-state index in [1.807, 2.05) is 31.2 Å². The molecule has 1 fully saturated rings. The van der Waals surface area contributed by atoms with Crippen molar-refractivity contribution in [2.24, 2.45) is 0 Å². The van der Waals surface area contributed by atoms with E-state index in [1.54, 1.807) is 11.8 Å². The summed E-state index contributed by atoms with van der Waals surface area (Å²) in [5, 5.41) is 4.19. The number of H-pyrrole nitrogens is 1.